The van der Waals surface area contributed by atoms with Crippen molar-refractivity contribution in [2.45, 2.75) is 44.4 Å². The normalized spacial score (nSPS) is 18.4. The van der Waals surface area contributed by atoms with Crippen LogP contribution >= 0.6 is 0 Å². The molecule has 0 spiro atoms. The lowest BCUT2D eigenvalue weighted by molar-refractivity contribution is 0.337. The fraction of sp³-hybridized carbons (Fsp3) is 0.565. The van der Waals surface area contributed by atoms with Crippen molar-refractivity contribution in [2.75, 3.05) is 55.7 Å². The molecule has 2 aliphatic heterocycles. The third kappa shape index (κ3) is 4.99. The minimum Gasteiger partial charge on any atom is -0.494 e. The summed E-state index contributed by atoms with van der Waals surface area (Å²) in [7, 11) is -3.54. The summed E-state index contributed by atoms with van der Waals surface area (Å²) in [6.07, 6.45) is 4.97. The van der Waals surface area contributed by atoms with Crippen molar-refractivity contribution in [2.24, 2.45) is 0 Å². The van der Waals surface area contributed by atoms with Crippen molar-refractivity contribution < 1.29 is 13.2 Å². The van der Waals surface area contributed by atoms with E-state index in [0.717, 1.165) is 36.0 Å². The number of aromatic nitrogens is 2. The smallest absolute Gasteiger partial charge is 0.243 e. The van der Waals surface area contributed by atoms with E-state index in [-0.39, 0.29) is 0 Å². The molecule has 1 aromatic carbocycles. The molecular formula is C23H33N5O3S. The molecular weight excluding hydrogens is 426 g/mol. The van der Waals surface area contributed by atoms with Crippen LogP contribution in [0.3, 0.4) is 0 Å². The Kier molecular flexibility index (Phi) is 7.15. The Morgan fingerprint density at radius 2 is 1.44 bits per heavy atom. The lowest BCUT2D eigenvalue weighted by Gasteiger charge is -2.34. The van der Waals surface area contributed by atoms with Gasteiger partial charge in [-0.25, -0.2) is 8.42 Å². The van der Waals surface area contributed by atoms with E-state index in [1.165, 1.54) is 25.7 Å². The zero-order valence-electron chi connectivity index (χ0n) is 19.0. The van der Waals surface area contributed by atoms with Crippen LogP contribution in [0.2, 0.25) is 0 Å². The van der Waals surface area contributed by atoms with Gasteiger partial charge in [-0.1, -0.05) is 12.8 Å². The number of anilines is 2. The van der Waals surface area contributed by atoms with Crippen molar-refractivity contribution in [3.63, 3.8) is 0 Å². The first kappa shape index (κ1) is 22.8. The van der Waals surface area contributed by atoms with Crippen LogP contribution in [0, 0.1) is 6.92 Å². The fourth-order valence-corrected chi connectivity index (χ4v) is 5.87. The van der Waals surface area contributed by atoms with Crippen molar-refractivity contribution >= 4 is 21.7 Å². The number of benzene rings is 1. The summed E-state index contributed by atoms with van der Waals surface area (Å²) < 4.78 is 33.4. The number of sulfonamides is 1. The topological polar surface area (TPSA) is 78.9 Å². The second-order valence-corrected chi connectivity index (χ2v) is 10.3. The molecule has 8 nitrogen and oxygen atoms in total. The molecule has 32 heavy (non-hydrogen) atoms. The van der Waals surface area contributed by atoms with Crippen molar-refractivity contribution in [3.8, 4) is 5.75 Å². The fourth-order valence-electron chi connectivity index (χ4n) is 4.36. The molecule has 0 unspecified atom stereocenters. The summed E-state index contributed by atoms with van der Waals surface area (Å²) in [5.41, 5.74) is 0.825. The number of ether oxygens (including phenoxy) is 1. The minimum absolute atomic E-state index is 0.313. The van der Waals surface area contributed by atoms with E-state index in [1.807, 2.05) is 26.0 Å². The summed E-state index contributed by atoms with van der Waals surface area (Å²) >= 11 is 0. The first-order valence-corrected chi connectivity index (χ1v) is 13.0. The number of nitrogens with zero attached hydrogens (tertiary/aromatic N) is 5. The number of hydrogen-bond acceptors (Lipinski definition) is 7. The minimum atomic E-state index is -3.54. The van der Waals surface area contributed by atoms with E-state index in [2.05, 4.69) is 20.0 Å². The Morgan fingerprint density at radius 1 is 0.844 bits per heavy atom. The molecule has 0 bridgehead atoms. The Labute approximate surface area is 191 Å². The lowest BCUT2D eigenvalue weighted by atomic mass is 10.2. The van der Waals surface area contributed by atoms with Crippen LogP contribution in [-0.4, -0.2) is 68.8 Å². The molecule has 2 aromatic rings. The molecule has 0 N–H and O–H groups in total. The summed E-state index contributed by atoms with van der Waals surface area (Å²) in [6.45, 7) is 8.43. The first-order chi connectivity index (χ1) is 15.5. The van der Waals surface area contributed by atoms with Gasteiger partial charge in [0.1, 0.15) is 5.75 Å². The molecule has 0 amide bonds. The molecule has 3 heterocycles. The summed E-state index contributed by atoms with van der Waals surface area (Å²) in [5.74, 6) is 2.46. The Balaban J connectivity index is 1.38. The molecule has 2 aliphatic rings. The molecule has 2 saturated heterocycles. The third-order valence-corrected chi connectivity index (χ3v) is 8.11. The van der Waals surface area contributed by atoms with Crippen LogP contribution in [-0.2, 0) is 10.0 Å². The summed E-state index contributed by atoms with van der Waals surface area (Å²) in [4.78, 5) is 4.73. The van der Waals surface area contributed by atoms with Crippen molar-refractivity contribution in [3.05, 3.63) is 35.9 Å². The molecule has 174 valence electrons. The highest BCUT2D eigenvalue weighted by molar-refractivity contribution is 7.89. The van der Waals surface area contributed by atoms with E-state index in [9.17, 15) is 8.42 Å². The maximum Gasteiger partial charge on any atom is 0.243 e. The van der Waals surface area contributed by atoms with Gasteiger partial charge >= 0.3 is 0 Å². The Hall–Kier alpha value is -2.39. The molecule has 0 radical (unpaired) electrons. The number of piperazine rings is 1. The van der Waals surface area contributed by atoms with E-state index in [0.29, 0.717) is 37.7 Å². The zero-order valence-corrected chi connectivity index (χ0v) is 19.9. The van der Waals surface area contributed by atoms with Gasteiger partial charge in [0.25, 0.3) is 0 Å². The van der Waals surface area contributed by atoms with Crippen LogP contribution in [0.5, 0.6) is 5.75 Å². The summed E-state index contributed by atoms with van der Waals surface area (Å²) in [5, 5.41) is 8.90. The average molecular weight is 460 g/mol. The van der Waals surface area contributed by atoms with Gasteiger partial charge < -0.3 is 14.5 Å². The van der Waals surface area contributed by atoms with Gasteiger partial charge in [0.05, 0.1) is 11.5 Å². The van der Waals surface area contributed by atoms with Gasteiger partial charge in [0, 0.05) is 39.3 Å². The van der Waals surface area contributed by atoms with Gasteiger partial charge in [-0.3, -0.25) is 0 Å². The van der Waals surface area contributed by atoms with Crippen molar-refractivity contribution in [1.29, 1.82) is 0 Å². The highest BCUT2D eigenvalue weighted by atomic mass is 32.2. The van der Waals surface area contributed by atoms with Crippen LogP contribution in [0.25, 0.3) is 0 Å². The number of aryl methyl sites for hydroxylation is 1. The third-order valence-electron chi connectivity index (χ3n) is 6.21. The van der Waals surface area contributed by atoms with E-state index in [4.69, 9.17) is 4.74 Å². The van der Waals surface area contributed by atoms with Gasteiger partial charge in [0.15, 0.2) is 11.6 Å². The lowest BCUT2D eigenvalue weighted by Crippen LogP contribution is -2.49. The van der Waals surface area contributed by atoms with Gasteiger partial charge in [-0.05, 0) is 62.6 Å². The molecule has 9 heteroatoms. The zero-order chi connectivity index (χ0) is 22.6. The molecule has 1 aromatic heterocycles. The van der Waals surface area contributed by atoms with Crippen LogP contribution < -0.4 is 14.5 Å². The maximum absolute atomic E-state index is 13.1. The maximum atomic E-state index is 13.1. The van der Waals surface area contributed by atoms with Crippen molar-refractivity contribution in [1.82, 2.24) is 14.5 Å². The second-order valence-electron chi connectivity index (χ2n) is 8.40. The highest BCUT2D eigenvalue weighted by Gasteiger charge is 2.29. The van der Waals surface area contributed by atoms with Gasteiger partial charge in [0.2, 0.25) is 10.0 Å². The predicted molar refractivity (Wildman–Crippen MR) is 126 cm³/mol. The molecule has 4 rings (SSSR count). The van der Waals surface area contributed by atoms with Crippen LogP contribution in [0.4, 0.5) is 11.6 Å². The first-order valence-electron chi connectivity index (χ1n) is 11.6. The standard InChI is InChI=1S/C23H33N5O3S/c1-3-31-21-9-8-20(18-19(21)2)32(29,30)28-16-14-27(15-17-28)23-11-10-22(24-25-23)26-12-6-4-5-7-13-26/h8-11,18H,3-7,12-17H2,1-2H3. The highest BCUT2D eigenvalue weighted by Crippen LogP contribution is 2.26. The van der Waals surface area contributed by atoms with Gasteiger partial charge in [-0.15, -0.1) is 10.2 Å². The Morgan fingerprint density at radius 3 is 1.97 bits per heavy atom. The van der Waals surface area contributed by atoms with Crippen LogP contribution in [0.1, 0.15) is 38.2 Å². The second kappa shape index (κ2) is 10.0. The summed E-state index contributed by atoms with van der Waals surface area (Å²) in [6, 6.07) is 9.11. The molecule has 2 fully saturated rings. The van der Waals surface area contributed by atoms with Crippen LogP contribution in [0.15, 0.2) is 35.2 Å². The molecule has 0 aliphatic carbocycles. The quantitative estimate of drug-likeness (QED) is 0.657. The van der Waals surface area contributed by atoms with E-state index < -0.39 is 10.0 Å². The average Bonchev–Trinajstić information content (AvgIpc) is 3.10. The number of hydrogen-bond donors (Lipinski definition) is 0. The van der Waals surface area contributed by atoms with Gasteiger partial charge in [-0.2, -0.15) is 4.31 Å². The predicted octanol–water partition coefficient (Wildman–Crippen LogP) is 3.08. The number of rotatable bonds is 6. The molecule has 0 atom stereocenters. The molecule has 0 saturated carbocycles. The Bertz CT molecular complexity index is 997. The largest absolute Gasteiger partial charge is 0.494 e. The SMILES string of the molecule is CCOc1ccc(S(=O)(=O)N2CCN(c3ccc(N4CCCCCC4)nn3)CC2)cc1C. The monoisotopic (exact) mass is 459 g/mol. The van der Waals surface area contributed by atoms with E-state index in [1.54, 1.807) is 22.5 Å². The van der Waals surface area contributed by atoms with E-state index >= 15 is 0 Å².